The summed E-state index contributed by atoms with van der Waals surface area (Å²) >= 11 is 0. The average Bonchev–Trinajstić information content (AvgIpc) is 2.41. The number of hydrogen-bond acceptors (Lipinski definition) is 4. The Morgan fingerprint density at radius 2 is 1.79 bits per heavy atom. The molecule has 0 spiro atoms. The van der Waals surface area contributed by atoms with Crippen molar-refractivity contribution in [3.63, 3.8) is 0 Å². The number of hydrogen-bond donors (Lipinski definition) is 1. The molecule has 100 valence electrons. The Kier molecular flexibility index (Phi) is 4.00. The molecule has 2 rings (SSSR count). The first-order valence-electron chi connectivity index (χ1n) is 6.49. The van der Waals surface area contributed by atoms with E-state index < -0.39 is 0 Å². The highest BCUT2D eigenvalue weighted by atomic mass is 15.2. The molecule has 1 aromatic heterocycles. The third-order valence-electron chi connectivity index (χ3n) is 3.14. The maximum atomic E-state index is 4.39. The maximum absolute atomic E-state index is 4.39. The van der Waals surface area contributed by atoms with Gasteiger partial charge in [-0.25, -0.2) is 9.97 Å². The van der Waals surface area contributed by atoms with Crippen LogP contribution in [0, 0.1) is 13.8 Å². The van der Waals surface area contributed by atoms with Crippen LogP contribution in [0.2, 0.25) is 0 Å². The zero-order valence-electron chi connectivity index (χ0n) is 11.9. The molecular weight excluding hydrogens is 236 g/mol. The summed E-state index contributed by atoms with van der Waals surface area (Å²) in [6.45, 7) is 7.04. The fraction of sp³-hybridized carbons (Fsp3) is 0.333. The predicted molar refractivity (Wildman–Crippen MR) is 80.2 cm³/mol. The van der Waals surface area contributed by atoms with Gasteiger partial charge in [0.25, 0.3) is 0 Å². The molecule has 1 aromatic carbocycles. The number of benzene rings is 1. The molecular formula is C15H20N4. The first-order chi connectivity index (χ1) is 9.13. The molecule has 0 aliphatic carbocycles. The van der Waals surface area contributed by atoms with Gasteiger partial charge in [-0.05, 0) is 32.9 Å². The molecule has 0 radical (unpaired) electrons. The number of aromatic nitrogens is 2. The molecule has 0 atom stereocenters. The molecule has 19 heavy (non-hydrogen) atoms. The van der Waals surface area contributed by atoms with Crippen molar-refractivity contribution in [2.24, 2.45) is 0 Å². The standard InChI is InChI=1S/C15H20N4/c1-5-16-14-12(3)15(18-10-17-14)19(4)13-8-6-11(2)7-9-13/h6-10H,5H2,1-4H3,(H,16,17,18). The van der Waals surface area contributed by atoms with Gasteiger partial charge < -0.3 is 10.2 Å². The van der Waals surface area contributed by atoms with Crippen molar-refractivity contribution in [1.29, 1.82) is 0 Å². The highest BCUT2D eigenvalue weighted by molar-refractivity contribution is 5.66. The third-order valence-corrected chi connectivity index (χ3v) is 3.14. The second-order valence-corrected chi connectivity index (χ2v) is 4.60. The summed E-state index contributed by atoms with van der Waals surface area (Å²) in [6.07, 6.45) is 1.60. The second-order valence-electron chi connectivity index (χ2n) is 4.60. The van der Waals surface area contributed by atoms with E-state index in [0.717, 1.165) is 29.4 Å². The summed E-state index contributed by atoms with van der Waals surface area (Å²) in [5.41, 5.74) is 3.44. The Labute approximate surface area is 114 Å². The van der Waals surface area contributed by atoms with E-state index in [9.17, 15) is 0 Å². The van der Waals surface area contributed by atoms with E-state index in [0.29, 0.717) is 0 Å². The molecule has 2 aromatic rings. The Hall–Kier alpha value is -2.10. The number of anilines is 3. The highest BCUT2D eigenvalue weighted by Crippen LogP contribution is 2.27. The van der Waals surface area contributed by atoms with Crippen LogP contribution in [0.4, 0.5) is 17.3 Å². The van der Waals surface area contributed by atoms with Crippen LogP contribution in [0.5, 0.6) is 0 Å². The van der Waals surface area contributed by atoms with Crippen molar-refractivity contribution in [2.75, 3.05) is 23.8 Å². The minimum atomic E-state index is 0.853. The SMILES string of the molecule is CCNc1ncnc(N(C)c2ccc(C)cc2)c1C. The van der Waals surface area contributed by atoms with Crippen LogP contribution in [-0.2, 0) is 0 Å². The zero-order chi connectivity index (χ0) is 13.8. The van der Waals surface area contributed by atoms with Gasteiger partial charge in [0.2, 0.25) is 0 Å². The van der Waals surface area contributed by atoms with Crippen LogP contribution in [0.15, 0.2) is 30.6 Å². The van der Waals surface area contributed by atoms with Crippen LogP contribution in [0.1, 0.15) is 18.1 Å². The molecule has 0 saturated heterocycles. The first kappa shape index (κ1) is 13.3. The van der Waals surface area contributed by atoms with E-state index in [1.54, 1.807) is 6.33 Å². The van der Waals surface area contributed by atoms with Crippen LogP contribution in [-0.4, -0.2) is 23.6 Å². The van der Waals surface area contributed by atoms with Crippen LogP contribution in [0.3, 0.4) is 0 Å². The predicted octanol–water partition coefficient (Wildman–Crippen LogP) is 3.29. The van der Waals surface area contributed by atoms with E-state index in [-0.39, 0.29) is 0 Å². The van der Waals surface area contributed by atoms with Crippen LogP contribution in [0.25, 0.3) is 0 Å². The first-order valence-corrected chi connectivity index (χ1v) is 6.49. The van der Waals surface area contributed by atoms with E-state index >= 15 is 0 Å². The number of nitrogens with one attached hydrogen (secondary N) is 1. The molecule has 0 saturated carbocycles. The number of aryl methyl sites for hydroxylation is 1. The van der Waals surface area contributed by atoms with Gasteiger partial charge in [-0.1, -0.05) is 17.7 Å². The molecule has 0 aliphatic rings. The Bertz CT molecular complexity index is 549. The summed E-state index contributed by atoms with van der Waals surface area (Å²) in [5.74, 6) is 1.82. The van der Waals surface area contributed by atoms with Crippen molar-refractivity contribution in [3.05, 3.63) is 41.7 Å². The van der Waals surface area contributed by atoms with Crippen molar-refractivity contribution < 1.29 is 0 Å². The lowest BCUT2D eigenvalue weighted by Crippen LogP contribution is -2.14. The quantitative estimate of drug-likeness (QED) is 0.911. The topological polar surface area (TPSA) is 41.1 Å². The molecule has 0 unspecified atom stereocenters. The van der Waals surface area contributed by atoms with Gasteiger partial charge in [-0.15, -0.1) is 0 Å². The third kappa shape index (κ3) is 2.84. The maximum Gasteiger partial charge on any atom is 0.141 e. The normalized spacial score (nSPS) is 10.3. The van der Waals surface area contributed by atoms with E-state index in [2.05, 4.69) is 58.3 Å². The molecule has 4 nitrogen and oxygen atoms in total. The van der Waals surface area contributed by atoms with E-state index in [1.807, 2.05) is 14.0 Å². The summed E-state index contributed by atoms with van der Waals surface area (Å²) in [5, 5.41) is 3.25. The summed E-state index contributed by atoms with van der Waals surface area (Å²) < 4.78 is 0. The Balaban J connectivity index is 2.35. The summed E-state index contributed by atoms with van der Waals surface area (Å²) in [4.78, 5) is 10.7. The van der Waals surface area contributed by atoms with Crippen molar-refractivity contribution in [3.8, 4) is 0 Å². The molecule has 0 aliphatic heterocycles. The van der Waals surface area contributed by atoms with Crippen molar-refractivity contribution in [2.45, 2.75) is 20.8 Å². The lowest BCUT2D eigenvalue weighted by molar-refractivity contribution is 1.03. The minimum Gasteiger partial charge on any atom is -0.370 e. The lowest BCUT2D eigenvalue weighted by atomic mass is 10.2. The smallest absolute Gasteiger partial charge is 0.141 e. The number of rotatable bonds is 4. The van der Waals surface area contributed by atoms with Gasteiger partial charge in [-0.3, -0.25) is 0 Å². The fourth-order valence-corrected chi connectivity index (χ4v) is 2.02. The monoisotopic (exact) mass is 256 g/mol. The zero-order valence-corrected chi connectivity index (χ0v) is 11.9. The van der Waals surface area contributed by atoms with Gasteiger partial charge in [0.15, 0.2) is 0 Å². The Morgan fingerprint density at radius 1 is 1.11 bits per heavy atom. The highest BCUT2D eigenvalue weighted by Gasteiger charge is 2.11. The molecule has 0 fully saturated rings. The lowest BCUT2D eigenvalue weighted by Gasteiger charge is -2.21. The van der Waals surface area contributed by atoms with Crippen LogP contribution < -0.4 is 10.2 Å². The van der Waals surface area contributed by atoms with Gasteiger partial charge in [-0.2, -0.15) is 0 Å². The van der Waals surface area contributed by atoms with Crippen LogP contribution >= 0.6 is 0 Å². The molecule has 0 amide bonds. The Morgan fingerprint density at radius 3 is 2.42 bits per heavy atom. The van der Waals surface area contributed by atoms with E-state index in [1.165, 1.54) is 5.56 Å². The molecule has 1 N–H and O–H groups in total. The fourth-order valence-electron chi connectivity index (χ4n) is 2.02. The van der Waals surface area contributed by atoms with Gasteiger partial charge >= 0.3 is 0 Å². The largest absolute Gasteiger partial charge is 0.370 e. The molecule has 4 heteroatoms. The number of nitrogens with zero attached hydrogens (tertiary/aromatic N) is 3. The van der Waals surface area contributed by atoms with Gasteiger partial charge in [0.1, 0.15) is 18.0 Å². The molecule has 0 bridgehead atoms. The minimum absolute atomic E-state index is 0.853. The van der Waals surface area contributed by atoms with Gasteiger partial charge in [0, 0.05) is 24.8 Å². The van der Waals surface area contributed by atoms with Crippen molar-refractivity contribution >= 4 is 17.3 Å². The summed E-state index contributed by atoms with van der Waals surface area (Å²) in [7, 11) is 2.02. The van der Waals surface area contributed by atoms with Gasteiger partial charge in [0.05, 0.1) is 0 Å². The van der Waals surface area contributed by atoms with Crippen molar-refractivity contribution in [1.82, 2.24) is 9.97 Å². The molecule has 1 heterocycles. The van der Waals surface area contributed by atoms with E-state index in [4.69, 9.17) is 0 Å². The average molecular weight is 256 g/mol. The second kappa shape index (κ2) is 5.69. The summed E-state index contributed by atoms with van der Waals surface area (Å²) in [6, 6.07) is 8.41.